The second kappa shape index (κ2) is 3.27. The first kappa shape index (κ1) is 9.26. The van der Waals surface area contributed by atoms with Gasteiger partial charge in [-0.25, -0.2) is 4.98 Å². The lowest BCUT2D eigenvalue weighted by Gasteiger charge is -2.12. The third-order valence-electron chi connectivity index (χ3n) is 1.73. The topological polar surface area (TPSA) is 48.9 Å². The molecule has 0 aromatic carbocycles. The SMILES string of the molecule is CCCc1cnc(C(C)(C)O)[nH]1. The largest absolute Gasteiger partial charge is 0.383 e. The van der Waals surface area contributed by atoms with Crippen LogP contribution in [-0.4, -0.2) is 15.1 Å². The molecule has 3 nitrogen and oxygen atoms in total. The summed E-state index contributed by atoms with van der Waals surface area (Å²) in [5.74, 6) is 0.644. The molecule has 68 valence electrons. The molecule has 0 aliphatic heterocycles. The Morgan fingerprint density at radius 2 is 2.25 bits per heavy atom. The van der Waals surface area contributed by atoms with Crippen molar-refractivity contribution in [1.82, 2.24) is 9.97 Å². The Labute approximate surface area is 72.8 Å². The first-order valence-corrected chi connectivity index (χ1v) is 4.30. The van der Waals surface area contributed by atoms with Crippen LogP contribution in [0.2, 0.25) is 0 Å². The lowest BCUT2D eigenvalue weighted by atomic mass is 10.1. The molecule has 0 amide bonds. The summed E-state index contributed by atoms with van der Waals surface area (Å²) in [5.41, 5.74) is 0.237. The fourth-order valence-corrected chi connectivity index (χ4v) is 1.07. The maximum absolute atomic E-state index is 9.58. The number of nitrogens with zero attached hydrogens (tertiary/aromatic N) is 1. The van der Waals surface area contributed by atoms with E-state index in [1.54, 1.807) is 20.0 Å². The van der Waals surface area contributed by atoms with E-state index in [2.05, 4.69) is 16.9 Å². The molecule has 0 saturated heterocycles. The molecule has 3 heteroatoms. The highest BCUT2D eigenvalue weighted by Crippen LogP contribution is 2.15. The van der Waals surface area contributed by atoms with E-state index in [9.17, 15) is 5.11 Å². The molecule has 0 atom stereocenters. The summed E-state index contributed by atoms with van der Waals surface area (Å²) in [7, 11) is 0. The van der Waals surface area contributed by atoms with Crippen LogP contribution < -0.4 is 0 Å². The van der Waals surface area contributed by atoms with Gasteiger partial charge in [0.25, 0.3) is 0 Å². The van der Waals surface area contributed by atoms with Gasteiger partial charge >= 0.3 is 0 Å². The van der Waals surface area contributed by atoms with Crippen LogP contribution >= 0.6 is 0 Å². The fraction of sp³-hybridized carbons (Fsp3) is 0.667. The standard InChI is InChI=1S/C9H16N2O/c1-4-5-7-6-10-8(11-7)9(2,3)12/h6,12H,4-5H2,1-3H3,(H,10,11). The number of rotatable bonds is 3. The van der Waals surface area contributed by atoms with Crippen molar-refractivity contribution in [2.24, 2.45) is 0 Å². The van der Waals surface area contributed by atoms with Crippen molar-refractivity contribution in [3.05, 3.63) is 17.7 Å². The molecular weight excluding hydrogens is 152 g/mol. The molecule has 0 spiro atoms. The maximum Gasteiger partial charge on any atom is 0.137 e. The second-order valence-corrected chi connectivity index (χ2v) is 3.57. The van der Waals surface area contributed by atoms with Crippen LogP contribution in [0.1, 0.15) is 38.7 Å². The van der Waals surface area contributed by atoms with Crippen LogP contribution in [0.25, 0.3) is 0 Å². The average Bonchev–Trinajstić information content (AvgIpc) is 2.35. The summed E-state index contributed by atoms with van der Waals surface area (Å²) >= 11 is 0. The van der Waals surface area contributed by atoms with E-state index in [0.717, 1.165) is 18.5 Å². The summed E-state index contributed by atoms with van der Waals surface area (Å²) in [6.07, 6.45) is 3.87. The number of imidazole rings is 1. The average molecular weight is 168 g/mol. The molecule has 1 aromatic rings. The van der Waals surface area contributed by atoms with Gasteiger partial charge in [-0.3, -0.25) is 0 Å². The minimum Gasteiger partial charge on any atom is -0.383 e. The predicted molar refractivity (Wildman–Crippen MR) is 47.8 cm³/mol. The number of aryl methyl sites for hydroxylation is 1. The van der Waals surface area contributed by atoms with Crippen LogP contribution in [0.3, 0.4) is 0 Å². The highest BCUT2D eigenvalue weighted by Gasteiger charge is 2.19. The summed E-state index contributed by atoms with van der Waals surface area (Å²) in [6, 6.07) is 0. The Bertz CT molecular complexity index is 247. The van der Waals surface area contributed by atoms with Gasteiger partial charge in [-0.2, -0.15) is 0 Å². The molecule has 1 aromatic heterocycles. The molecule has 0 fully saturated rings. The Morgan fingerprint density at radius 3 is 2.67 bits per heavy atom. The zero-order valence-electron chi connectivity index (χ0n) is 7.89. The van der Waals surface area contributed by atoms with Gasteiger partial charge in [-0.1, -0.05) is 13.3 Å². The number of H-pyrrole nitrogens is 1. The summed E-state index contributed by atoms with van der Waals surface area (Å²) < 4.78 is 0. The van der Waals surface area contributed by atoms with Gasteiger partial charge in [-0.05, 0) is 20.3 Å². The van der Waals surface area contributed by atoms with Crippen LogP contribution in [0.5, 0.6) is 0 Å². The molecule has 0 saturated carbocycles. The molecule has 2 N–H and O–H groups in total. The van der Waals surface area contributed by atoms with Crippen molar-refractivity contribution in [2.75, 3.05) is 0 Å². The Morgan fingerprint density at radius 1 is 1.58 bits per heavy atom. The van der Waals surface area contributed by atoms with Gasteiger partial charge in [0.15, 0.2) is 0 Å². The summed E-state index contributed by atoms with van der Waals surface area (Å²) in [5, 5.41) is 9.58. The lowest BCUT2D eigenvalue weighted by molar-refractivity contribution is 0.0695. The molecule has 1 rings (SSSR count). The third-order valence-corrected chi connectivity index (χ3v) is 1.73. The van der Waals surface area contributed by atoms with Gasteiger partial charge in [-0.15, -0.1) is 0 Å². The molecule has 12 heavy (non-hydrogen) atoms. The van der Waals surface area contributed by atoms with E-state index in [1.807, 2.05) is 0 Å². The Kier molecular flexibility index (Phi) is 2.52. The van der Waals surface area contributed by atoms with Crippen molar-refractivity contribution >= 4 is 0 Å². The minimum atomic E-state index is -0.855. The van der Waals surface area contributed by atoms with Crippen LogP contribution in [0.4, 0.5) is 0 Å². The zero-order chi connectivity index (χ0) is 9.19. The third kappa shape index (κ3) is 2.08. The van der Waals surface area contributed by atoms with Crippen molar-refractivity contribution in [1.29, 1.82) is 0 Å². The highest BCUT2D eigenvalue weighted by atomic mass is 16.3. The zero-order valence-corrected chi connectivity index (χ0v) is 7.89. The van der Waals surface area contributed by atoms with Gasteiger partial charge in [0.2, 0.25) is 0 Å². The van der Waals surface area contributed by atoms with E-state index < -0.39 is 5.60 Å². The molecule has 0 aliphatic carbocycles. The van der Waals surface area contributed by atoms with Crippen molar-refractivity contribution in [3.8, 4) is 0 Å². The Hall–Kier alpha value is -0.830. The number of nitrogens with one attached hydrogen (secondary N) is 1. The second-order valence-electron chi connectivity index (χ2n) is 3.57. The van der Waals surface area contributed by atoms with E-state index in [4.69, 9.17) is 0 Å². The van der Waals surface area contributed by atoms with Crippen LogP contribution in [0, 0.1) is 0 Å². The van der Waals surface area contributed by atoms with Crippen molar-refractivity contribution in [2.45, 2.75) is 39.2 Å². The van der Waals surface area contributed by atoms with Gasteiger partial charge < -0.3 is 10.1 Å². The van der Waals surface area contributed by atoms with E-state index >= 15 is 0 Å². The quantitative estimate of drug-likeness (QED) is 0.720. The van der Waals surface area contributed by atoms with Gasteiger partial charge in [0, 0.05) is 11.9 Å². The normalized spacial score (nSPS) is 12.0. The van der Waals surface area contributed by atoms with Gasteiger partial charge in [0.05, 0.1) is 0 Å². The fourth-order valence-electron chi connectivity index (χ4n) is 1.07. The molecule has 0 bridgehead atoms. The molecule has 0 aliphatic rings. The van der Waals surface area contributed by atoms with E-state index in [-0.39, 0.29) is 0 Å². The van der Waals surface area contributed by atoms with Crippen molar-refractivity contribution in [3.63, 3.8) is 0 Å². The number of hydrogen-bond acceptors (Lipinski definition) is 2. The highest BCUT2D eigenvalue weighted by molar-refractivity contribution is 5.06. The number of aromatic amines is 1. The summed E-state index contributed by atoms with van der Waals surface area (Å²) in [6.45, 7) is 5.56. The van der Waals surface area contributed by atoms with E-state index in [1.165, 1.54) is 0 Å². The van der Waals surface area contributed by atoms with Crippen molar-refractivity contribution < 1.29 is 5.11 Å². The first-order valence-electron chi connectivity index (χ1n) is 4.30. The van der Waals surface area contributed by atoms with E-state index in [0.29, 0.717) is 5.82 Å². The molecule has 0 radical (unpaired) electrons. The number of hydrogen-bond donors (Lipinski definition) is 2. The van der Waals surface area contributed by atoms with Crippen LogP contribution in [-0.2, 0) is 12.0 Å². The maximum atomic E-state index is 9.58. The number of aliphatic hydroxyl groups is 1. The van der Waals surface area contributed by atoms with Gasteiger partial charge in [0.1, 0.15) is 11.4 Å². The molecule has 0 unspecified atom stereocenters. The molecule has 1 heterocycles. The summed E-state index contributed by atoms with van der Waals surface area (Å²) in [4.78, 5) is 7.19. The monoisotopic (exact) mass is 168 g/mol. The lowest BCUT2D eigenvalue weighted by Crippen LogP contribution is -2.17. The first-order chi connectivity index (χ1) is 5.54. The predicted octanol–water partition coefficient (Wildman–Crippen LogP) is 1.59. The van der Waals surface area contributed by atoms with Crippen LogP contribution in [0.15, 0.2) is 6.20 Å². The molecular formula is C9H16N2O. The Balaban J connectivity index is 2.77. The smallest absolute Gasteiger partial charge is 0.137 e. The number of aromatic nitrogens is 2. The minimum absolute atomic E-state index is 0.644.